The third-order valence-electron chi connectivity index (χ3n) is 4.16. The molecule has 3 aromatic rings. The summed E-state index contributed by atoms with van der Waals surface area (Å²) in [4.78, 5) is 11.2. The van der Waals surface area contributed by atoms with Crippen molar-refractivity contribution in [3.05, 3.63) is 94.8 Å². The molecule has 1 unspecified atom stereocenters. The van der Waals surface area contributed by atoms with Gasteiger partial charge in [-0.2, -0.15) is 5.10 Å². The number of halogens is 1. The van der Waals surface area contributed by atoms with E-state index in [1.807, 2.05) is 30.3 Å². The fraction of sp³-hybridized carbons (Fsp3) is 0.143. The van der Waals surface area contributed by atoms with Gasteiger partial charge in [0.1, 0.15) is 12.4 Å². The van der Waals surface area contributed by atoms with E-state index >= 15 is 0 Å². The lowest BCUT2D eigenvalue weighted by atomic mass is 10.1. The fourth-order valence-electron chi connectivity index (χ4n) is 2.85. The van der Waals surface area contributed by atoms with Crippen LogP contribution < -0.4 is 4.74 Å². The van der Waals surface area contributed by atoms with Gasteiger partial charge < -0.3 is 9.84 Å². The predicted octanol–water partition coefficient (Wildman–Crippen LogP) is 4.90. The molecule has 0 bridgehead atoms. The molecule has 0 saturated carbocycles. The van der Waals surface area contributed by atoms with Crippen LogP contribution in [-0.2, 0) is 6.61 Å². The summed E-state index contributed by atoms with van der Waals surface area (Å²) in [5, 5.41) is 14.0. The number of carbonyl (C=O) groups is 1. The minimum absolute atomic E-state index is 0.0202. The molecule has 1 N–H and O–H groups in total. The zero-order valence-corrected chi connectivity index (χ0v) is 15.6. The maximum atomic E-state index is 11.2. The van der Waals surface area contributed by atoms with Crippen LogP contribution >= 0.6 is 11.6 Å². The Morgan fingerprint density at radius 3 is 2.67 bits per heavy atom. The van der Waals surface area contributed by atoms with Gasteiger partial charge in [0.25, 0.3) is 0 Å². The van der Waals surface area contributed by atoms with Crippen LogP contribution in [0.5, 0.6) is 5.75 Å². The summed E-state index contributed by atoms with van der Waals surface area (Å²) in [5.41, 5.74) is 2.48. The number of rotatable bonds is 7. The Morgan fingerprint density at radius 1 is 1.30 bits per heavy atom. The summed E-state index contributed by atoms with van der Waals surface area (Å²) >= 11 is 6.20. The molecule has 0 radical (unpaired) electrons. The minimum atomic E-state index is -1.08. The van der Waals surface area contributed by atoms with Crippen molar-refractivity contribution >= 4 is 17.6 Å². The van der Waals surface area contributed by atoms with Crippen molar-refractivity contribution in [3.8, 4) is 5.75 Å². The van der Waals surface area contributed by atoms with Crippen molar-refractivity contribution in [3.63, 3.8) is 0 Å². The largest absolute Gasteiger partial charge is 0.489 e. The van der Waals surface area contributed by atoms with Gasteiger partial charge in [0.2, 0.25) is 0 Å². The highest BCUT2D eigenvalue weighted by Gasteiger charge is 2.21. The Kier molecular flexibility index (Phi) is 5.62. The highest BCUT2D eigenvalue weighted by atomic mass is 35.5. The van der Waals surface area contributed by atoms with E-state index in [4.69, 9.17) is 16.3 Å². The molecule has 0 aliphatic carbocycles. The van der Waals surface area contributed by atoms with E-state index < -0.39 is 12.0 Å². The second kappa shape index (κ2) is 8.10. The van der Waals surface area contributed by atoms with Crippen LogP contribution in [0.3, 0.4) is 0 Å². The van der Waals surface area contributed by atoms with Crippen LogP contribution in [-0.4, -0.2) is 20.9 Å². The van der Waals surface area contributed by atoms with Crippen LogP contribution in [0.4, 0.5) is 0 Å². The molecule has 0 aliphatic rings. The van der Waals surface area contributed by atoms with E-state index in [0.29, 0.717) is 23.1 Å². The number of carboxylic acids is 1. The highest BCUT2D eigenvalue weighted by molar-refractivity contribution is 6.30. The molecule has 5 nitrogen and oxygen atoms in total. The maximum Gasteiger partial charge on any atom is 0.356 e. The standard InChI is InChI=1S/C21H19ClN2O3/c1-3-19(24-14(2)11-18(23-24)21(25)26)17-12-16(22)9-10-20(17)27-13-15-7-5-4-6-8-15/h3-12,19H,1,13H2,2H3,(H,25,26). The molecule has 27 heavy (non-hydrogen) atoms. The monoisotopic (exact) mass is 382 g/mol. The number of nitrogens with zero attached hydrogens (tertiary/aromatic N) is 2. The topological polar surface area (TPSA) is 64.4 Å². The zero-order valence-electron chi connectivity index (χ0n) is 14.8. The molecule has 0 amide bonds. The smallest absolute Gasteiger partial charge is 0.356 e. The number of hydrogen-bond acceptors (Lipinski definition) is 3. The first kappa shape index (κ1) is 18.7. The number of hydrogen-bond donors (Lipinski definition) is 1. The average molecular weight is 383 g/mol. The maximum absolute atomic E-state index is 11.2. The summed E-state index contributed by atoms with van der Waals surface area (Å²) in [5.74, 6) is -0.439. The first-order chi connectivity index (χ1) is 13.0. The SMILES string of the molecule is C=CC(c1cc(Cl)ccc1OCc1ccccc1)n1nc(C(=O)O)cc1C. The van der Waals surface area contributed by atoms with Gasteiger partial charge in [0.15, 0.2) is 5.69 Å². The Hall–Kier alpha value is -3.05. The van der Waals surface area contributed by atoms with E-state index in [1.165, 1.54) is 6.07 Å². The summed E-state index contributed by atoms with van der Waals surface area (Å²) in [6, 6.07) is 16.3. The van der Waals surface area contributed by atoms with Crippen molar-refractivity contribution < 1.29 is 14.6 Å². The van der Waals surface area contributed by atoms with Crippen LogP contribution in [0.2, 0.25) is 5.02 Å². The lowest BCUT2D eigenvalue weighted by molar-refractivity contribution is 0.0689. The first-order valence-electron chi connectivity index (χ1n) is 8.37. The van der Waals surface area contributed by atoms with E-state index in [0.717, 1.165) is 11.1 Å². The zero-order chi connectivity index (χ0) is 19.4. The van der Waals surface area contributed by atoms with Gasteiger partial charge >= 0.3 is 5.97 Å². The minimum Gasteiger partial charge on any atom is -0.489 e. The van der Waals surface area contributed by atoms with Gasteiger partial charge in [-0.1, -0.05) is 48.0 Å². The molecular weight excluding hydrogens is 364 g/mol. The molecule has 0 aliphatic heterocycles. The van der Waals surface area contributed by atoms with Crippen molar-refractivity contribution in [2.24, 2.45) is 0 Å². The van der Waals surface area contributed by atoms with E-state index in [2.05, 4.69) is 11.7 Å². The number of aryl methyl sites for hydroxylation is 1. The predicted molar refractivity (Wildman–Crippen MR) is 104 cm³/mol. The summed E-state index contributed by atoms with van der Waals surface area (Å²) < 4.78 is 7.62. The van der Waals surface area contributed by atoms with E-state index in [1.54, 1.807) is 35.9 Å². The second-order valence-corrected chi connectivity index (χ2v) is 6.49. The lowest BCUT2D eigenvalue weighted by Crippen LogP contribution is -2.14. The molecule has 6 heteroatoms. The molecular formula is C21H19ClN2O3. The molecule has 3 rings (SSSR count). The second-order valence-electron chi connectivity index (χ2n) is 6.06. The number of carboxylic acid groups (broad SMARTS) is 1. The number of aromatic nitrogens is 2. The first-order valence-corrected chi connectivity index (χ1v) is 8.75. The lowest BCUT2D eigenvalue weighted by Gasteiger charge is -2.20. The van der Waals surface area contributed by atoms with Crippen LogP contribution in [0.25, 0.3) is 0 Å². The summed E-state index contributed by atoms with van der Waals surface area (Å²) in [7, 11) is 0. The number of ether oxygens (including phenoxy) is 1. The van der Waals surface area contributed by atoms with Crippen LogP contribution in [0.1, 0.15) is 33.4 Å². The van der Waals surface area contributed by atoms with Gasteiger partial charge in [-0.3, -0.25) is 4.68 Å². The fourth-order valence-corrected chi connectivity index (χ4v) is 3.03. The molecule has 0 spiro atoms. The Balaban J connectivity index is 1.97. The number of benzene rings is 2. The average Bonchev–Trinajstić information content (AvgIpc) is 3.05. The quantitative estimate of drug-likeness (QED) is 0.590. The van der Waals surface area contributed by atoms with Crippen molar-refractivity contribution in [2.75, 3.05) is 0 Å². The van der Waals surface area contributed by atoms with Gasteiger partial charge in [-0.15, -0.1) is 6.58 Å². The van der Waals surface area contributed by atoms with Crippen molar-refractivity contribution in [1.29, 1.82) is 0 Å². The highest BCUT2D eigenvalue weighted by Crippen LogP contribution is 2.32. The molecule has 0 fully saturated rings. The third kappa shape index (κ3) is 4.20. The number of allylic oxidation sites excluding steroid dienone is 1. The number of aromatic carboxylic acids is 1. The van der Waals surface area contributed by atoms with Crippen molar-refractivity contribution in [1.82, 2.24) is 9.78 Å². The van der Waals surface area contributed by atoms with Crippen LogP contribution in [0, 0.1) is 6.92 Å². The molecule has 0 saturated heterocycles. The summed E-state index contributed by atoms with van der Waals surface area (Å²) in [6.07, 6.45) is 1.69. The molecule has 1 aromatic heterocycles. The Labute approximate surface area is 162 Å². The van der Waals surface area contributed by atoms with E-state index in [-0.39, 0.29) is 5.69 Å². The summed E-state index contributed by atoms with van der Waals surface area (Å²) in [6.45, 7) is 6.09. The Bertz CT molecular complexity index is 967. The third-order valence-corrected chi connectivity index (χ3v) is 4.39. The van der Waals surface area contributed by atoms with Gasteiger partial charge in [-0.25, -0.2) is 4.79 Å². The molecule has 1 heterocycles. The normalized spacial score (nSPS) is 11.8. The molecule has 2 aromatic carbocycles. The van der Waals surface area contributed by atoms with Crippen LogP contribution in [0.15, 0.2) is 67.3 Å². The Morgan fingerprint density at radius 2 is 2.04 bits per heavy atom. The molecule has 1 atom stereocenters. The van der Waals surface area contributed by atoms with E-state index in [9.17, 15) is 9.90 Å². The van der Waals surface area contributed by atoms with Crippen molar-refractivity contribution in [2.45, 2.75) is 19.6 Å². The molecule has 138 valence electrons. The van der Waals surface area contributed by atoms with Gasteiger partial charge in [0, 0.05) is 16.3 Å². The van der Waals surface area contributed by atoms with Gasteiger partial charge in [-0.05, 0) is 36.8 Å². The van der Waals surface area contributed by atoms with Gasteiger partial charge in [0.05, 0.1) is 6.04 Å².